The topological polar surface area (TPSA) is 145 Å². The van der Waals surface area contributed by atoms with Gasteiger partial charge in [0.25, 0.3) is 10.1 Å². The van der Waals surface area contributed by atoms with Crippen LogP contribution in [-0.2, 0) is 32.9 Å². The fourth-order valence-corrected chi connectivity index (χ4v) is 3.75. The Morgan fingerprint density at radius 2 is 1.54 bits per heavy atom. The van der Waals surface area contributed by atoms with Crippen molar-refractivity contribution in [3.05, 3.63) is 0 Å². The Hall–Kier alpha value is -1.11. The van der Waals surface area contributed by atoms with Gasteiger partial charge in [-0.3, -0.25) is 8.98 Å². The summed E-state index contributed by atoms with van der Waals surface area (Å²) >= 11 is 0. The van der Waals surface area contributed by atoms with Gasteiger partial charge >= 0.3 is 6.09 Å². The first-order chi connectivity index (χ1) is 12.4. The van der Waals surface area contributed by atoms with Crippen LogP contribution in [0.1, 0.15) is 41.0 Å². The second-order valence-corrected chi connectivity index (χ2v) is 12.6. The molecule has 0 aromatic heterocycles. The molecule has 0 heterocycles. The van der Waals surface area contributed by atoms with Gasteiger partial charge in [0.2, 0.25) is 15.0 Å². The van der Waals surface area contributed by atoms with Crippen LogP contribution in [0.15, 0.2) is 0 Å². The monoisotopic (exact) mass is 464 g/mol. The number of hydrogen-bond donors (Lipinski definition) is 2. The molecular weight excluding hydrogens is 436 g/mol. The lowest BCUT2D eigenvalue weighted by Crippen LogP contribution is -2.43. The Bertz CT molecular complexity index is 742. The van der Waals surface area contributed by atoms with Gasteiger partial charge in [0, 0.05) is 22.6 Å². The van der Waals surface area contributed by atoms with E-state index in [0.29, 0.717) is 0 Å². The van der Waals surface area contributed by atoms with Gasteiger partial charge < -0.3 is 15.4 Å². The molecule has 0 saturated carbocycles. The number of amides is 2. The Kier molecular flexibility index (Phi) is 10.2. The molecule has 28 heavy (non-hydrogen) atoms. The van der Waals surface area contributed by atoms with E-state index >= 15 is 0 Å². The fourth-order valence-electron chi connectivity index (χ4n) is 1.63. The first kappa shape index (κ1) is 26.9. The number of rotatable bonds is 11. The van der Waals surface area contributed by atoms with E-state index in [9.17, 15) is 26.4 Å². The molecule has 0 fully saturated rings. The minimum absolute atomic E-state index is 0.0907. The molecule has 0 aliphatic heterocycles. The standard InChI is InChI=1S/C15H29ClN2O8S2/c1-14(2,3)26-13(20)17-9-12(19)18-10-15(4,5)11-25-28(23,24)8-6-7-27(16,21)22/h6-11H2,1-5H3,(H,17,20)(H,18,19). The lowest BCUT2D eigenvalue weighted by atomic mass is 9.95. The van der Waals surface area contributed by atoms with E-state index in [1.54, 1.807) is 34.6 Å². The highest BCUT2D eigenvalue weighted by Gasteiger charge is 2.24. The Labute approximate surface area is 171 Å². The summed E-state index contributed by atoms with van der Waals surface area (Å²) in [6, 6.07) is 0. The number of nitrogens with one attached hydrogen (secondary N) is 2. The van der Waals surface area contributed by atoms with E-state index in [4.69, 9.17) is 19.6 Å². The molecule has 0 saturated heterocycles. The van der Waals surface area contributed by atoms with Crippen LogP contribution in [0.4, 0.5) is 4.79 Å². The number of hydrogen-bond acceptors (Lipinski definition) is 8. The van der Waals surface area contributed by atoms with Crippen molar-refractivity contribution in [3.8, 4) is 0 Å². The molecule has 0 radical (unpaired) electrons. The van der Waals surface area contributed by atoms with Crippen molar-refractivity contribution in [2.24, 2.45) is 5.41 Å². The number of halogens is 1. The second-order valence-electron chi connectivity index (χ2n) is 7.92. The Morgan fingerprint density at radius 1 is 0.964 bits per heavy atom. The Morgan fingerprint density at radius 3 is 2.04 bits per heavy atom. The molecule has 13 heteroatoms. The average molecular weight is 465 g/mol. The fraction of sp³-hybridized carbons (Fsp3) is 0.867. The van der Waals surface area contributed by atoms with Crippen LogP contribution in [0.2, 0.25) is 0 Å². The molecule has 0 spiro atoms. The molecule has 166 valence electrons. The molecule has 2 N–H and O–H groups in total. The quantitative estimate of drug-likeness (QED) is 0.339. The molecule has 10 nitrogen and oxygen atoms in total. The summed E-state index contributed by atoms with van der Waals surface area (Å²) in [6.45, 7) is 8.00. The van der Waals surface area contributed by atoms with Crippen LogP contribution in [0, 0.1) is 5.41 Å². The van der Waals surface area contributed by atoms with Crippen molar-refractivity contribution in [1.29, 1.82) is 0 Å². The molecule has 0 aliphatic rings. The van der Waals surface area contributed by atoms with E-state index < -0.39 is 53.7 Å². The molecule has 0 rings (SSSR count). The predicted octanol–water partition coefficient (Wildman–Crippen LogP) is 0.959. The lowest BCUT2D eigenvalue weighted by Gasteiger charge is -2.24. The van der Waals surface area contributed by atoms with Crippen molar-refractivity contribution in [1.82, 2.24) is 10.6 Å². The van der Waals surface area contributed by atoms with Crippen molar-refractivity contribution >= 4 is 41.9 Å². The van der Waals surface area contributed by atoms with E-state index in [-0.39, 0.29) is 26.1 Å². The summed E-state index contributed by atoms with van der Waals surface area (Å²) in [6.07, 6.45) is -0.905. The van der Waals surface area contributed by atoms with Crippen molar-refractivity contribution in [2.45, 2.75) is 46.6 Å². The minimum Gasteiger partial charge on any atom is -0.444 e. The SMILES string of the molecule is CC(C)(CNC(=O)CNC(=O)OC(C)(C)C)COS(=O)(=O)CCCS(=O)(=O)Cl. The van der Waals surface area contributed by atoms with E-state index in [2.05, 4.69) is 10.6 Å². The molecule has 0 aromatic carbocycles. The molecule has 0 atom stereocenters. The van der Waals surface area contributed by atoms with Crippen LogP contribution in [0.3, 0.4) is 0 Å². The van der Waals surface area contributed by atoms with Gasteiger partial charge in [-0.15, -0.1) is 0 Å². The third-order valence-electron chi connectivity index (χ3n) is 2.97. The number of carbonyl (C=O) groups is 2. The number of alkyl carbamates (subject to hydrolysis) is 1. The van der Waals surface area contributed by atoms with E-state index in [0.717, 1.165) is 0 Å². The summed E-state index contributed by atoms with van der Waals surface area (Å²) in [4.78, 5) is 23.3. The van der Waals surface area contributed by atoms with E-state index in [1.807, 2.05) is 0 Å². The molecule has 0 unspecified atom stereocenters. The van der Waals surface area contributed by atoms with Crippen molar-refractivity contribution in [3.63, 3.8) is 0 Å². The maximum Gasteiger partial charge on any atom is 0.408 e. The normalized spacial score (nSPS) is 13.1. The second kappa shape index (κ2) is 10.6. The largest absolute Gasteiger partial charge is 0.444 e. The molecule has 0 bridgehead atoms. The summed E-state index contributed by atoms with van der Waals surface area (Å²) in [5.41, 5.74) is -1.41. The van der Waals surface area contributed by atoms with Gasteiger partial charge in [0.05, 0.1) is 24.7 Å². The van der Waals surface area contributed by atoms with Gasteiger partial charge in [-0.1, -0.05) is 13.8 Å². The van der Waals surface area contributed by atoms with Gasteiger partial charge in [-0.05, 0) is 27.2 Å². The zero-order valence-corrected chi connectivity index (χ0v) is 19.1. The number of ether oxygens (including phenoxy) is 1. The van der Waals surface area contributed by atoms with Gasteiger partial charge in [-0.2, -0.15) is 8.42 Å². The zero-order valence-electron chi connectivity index (χ0n) is 16.7. The van der Waals surface area contributed by atoms with Crippen molar-refractivity contribution in [2.75, 3.05) is 31.2 Å². The summed E-state index contributed by atoms with van der Waals surface area (Å²) < 4.78 is 55.1. The third kappa shape index (κ3) is 15.9. The van der Waals surface area contributed by atoms with Crippen LogP contribution in [0.5, 0.6) is 0 Å². The summed E-state index contributed by atoms with van der Waals surface area (Å²) in [5, 5.41) is 4.87. The smallest absolute Gasteiger partial charge is 0.408 e. The van der Waals surface area contributed by atoms with E-state index in [1.165, 1.54) is 0 Å². The zero-order chi connectivity index (χ0) is 22.2. The van der Waals surface area contributed by atoms with Crippen LogP contribution >= 0.6 is 10.7 Å². The third-order valence-corrected chi connectivity index (χ3v) is 5.47. The average Bonchev–Trinajstić information content (AvgIpc) is 2.46. The highest BCUT2D eigenvalue weighted by Crippen LogP contribution is 2.16. The maximum absolute atomic E-state index is 11.8. The molecule has 0 aromatic rings. The van der Waals surface area contributed by atoms with Gasteiger partial charge in [0.1, 0.15) is 5.60 Å². The first-order valence-electron chi connectivity index (χ1n) is 8.44. The lowest BCUT2D eigenvalue weighted by molar-refractivity contribution is -0.120. The summed E-state index contributed by atoms with van der Waals surface area (Å²) in [5.74, 6) is -1.43. The first-order valence-corrected chi connectivity index (χ1v) is 12.5. The Balaban J connectivity index is 4.28. The van der Waals surface area contributed by atoms with Crippen LogP contribution in [-0.4, -0.2) is 65.6 Å². The highest BCUT2D eigenvalue weighted by molar-refractivity contribution is 8.13. The van der Waals surface area contributed by atoms with Gasteiger partial charge in [0.15, 0.2) is 0 Å². The van der Waals surface area contributed by atoms with Crippen molar-refractivity contribution < 1.29 is 35.3 Å². The molecular formula is C15H29ClN2O8S2. The van der Waals surface area contributed by atoms with Crippen LogP contribution in [0.25, 0.3) is 0 Å². The molecule has 2 amide bonds. The summed E-state index contributed by atoms with van der Waals surface area (Å²) in [7, 11) is -2.67. The van der Waals surface area contributed by atoms with Gasteiger partial charge in [-0.25, -0.2) is 13.2 Å². The highest BCUT2D eigenvalue weighted by atomic mass is 35.7. The number of carbonyl (C=O) groups excluding carboxylic acids is 2. The predicted molar refractivity (Wildman–Crippen MR) is 105 cm³/mol. The molecule has 0 aliphatic carbocycles. The maximum atomic E-state index is 11.8. The minimum atomic E-state index is -3.92. The van der Waals surface area contributed by atoms with Crippen LogP contribution < -0.4 is 10.6 Å².